The van der Waals surface area contributed by atoms with Gasteiger partial charge in [0, 0.05) is 6.07 Å². The van der Waals surface area contributed by atoms with Crippen molar-refractivity contribution < 1.29 is 18.7 Å². The second kappa shape index (κ2) is 5.32. The van der Waals surface area contributed by atoms with Gasteiger partial charge in [-0.3, -0.25) is 10.1 Å². The maximum Gasteiger partial charge on any atom is 0.318 e. The van der Waals surface area contributed by atoms with Gasteiger partial charge in [-0.05, 0) is 12.1 Å². The average molecular weight is 247 g/mol. The summed E-state index contributed by atoms with van der Waals surface area (Å²) >= 11 is 5.44. The van der Waals surface area contributed by atoms with Crippen LogP contribution in [0.5, 0.6) is 5.75 Å². The molecule has 7 heteroatoms. The van der Waals surface area contributed by atoms with E-state index in [1.54, 1.807) is 5.32 Å². The molecule has 1 aromatic carbocycles. The lowest BCUT2D eigenvalue weighted by atomic mass is 10.3. The smallest absolute Gasteiger partial charge is 0.318 e. The standard InChI is InChI=1S/C9H8ClFN2O3/c10-6-2-1-5(3-7(6)11)16-4-8(14)13-9(12)15/h1-3H,4H2,(H3,12,13,14,15). The maximum absolute atomic E-state index is 12.9. The van der Waals surface area contributed by atoms with Crippen molar-refractivity contribution >= 4 is 23.5 Å². The van der Waals surface area contributed by atoms with E-state index in [4.69, 9.17) is 22.1 Å². The van der Waals surface area contributed by atoms with Crippen LogP contribution in [0.25, 0.3) is 0 Å². The van der Waals surface area contributed by atoms with Crippen molar-refractivity contribution in [3.8, 4) is 5.75 Å². The summed E-state index contributed by atoms with van der Waals surface area (Å²) in [6.45, 7) is -0.440. The Morgan fingerprint density at radius 2 is 2.19 bits per heavy atom. The normalized spacial score (nSPS) is 9.62. The molecule has 0 bridgehead atoms. The molecule has 3 amide bonds. The summed E-state index contributed by atoms with van der Waals surface area (Å²) in [5.41, 5.74) is 4.70. The Balaban J connectivity index is 2.51. The highest BCUT2D eigenvalue weighted by atomic mass is 35.5. The van der Waals surface area contributed by atoms with Gasteiger partial charge < -0.3 is 10.5 Å². The Kier molecular flexibility index (Phi) is 4.07. The summed E-state index contributed by atoms with van der Waals surface area (Å²) in [6.07, 6.45) is 0. The predicted molar refractivity (Wildman–Crippen MR) is 54.6 cm³/mol. The van der Waals surface area contributed by atoms with Crippen LogP contribution < -0.4 is 15.8 Å². The molecule has 1 aromatic rings. The molecule has 0 aliphatic heterocycles. The minimum atomic E-state index is -0.976. The third-order valence-corrected chi connectivity index (χ3v) is 1.83. The Morgan fingerprint density at radius 3 is 2.75 bits per heavy atom. The fourth-order valence-corrected chi connectivity index (χ4v) is 1.01. The zero-order valence-electron chi connectivity index (χ0n) is 8.00. The number of hydrogen-bond donors (Lipinski definition) is 2. The number of nitrogens with one attached hydrogen (secondary N) is 1. The van der Waals surface area contributed by atoms with E-state index in [2.05, 4.69) is 0 Å². The fraction of sp³-hybridized carbons (Fsp3) is 0.111. The highest BCUT2D eigenvalue weighted by Gasteiger charge is 2.06. The zero-order chi connectivity index (χ0) is 12.1. The number of ether oxygens (including phenoxy) is 1. The van der Waals surface area contributed by atoms with E-state index in [9.17, 15) is 14.0 Å². The number of carbonyl (C=O) groups is 2. The third-order valence-electron chi connectivity index (χ3n) is 1.52. The molecule has 0 spiro atoms. The molecule has 0 heterocycles. The van der Waals surface area contributed by atoms with Gasteiger partial charge in [0.15, 0.2) is 6.61 Å². The average Bonchev–Trinajstić information content (AvgIpc) is 2.19. The summed E-state index contributed by atoms with van der Waals surface area (Å²) in [6, 6.07) is 2.73. The van der Waals surface area contributed by atoms with Crippen LogP contribution in [-0.2, 0) is 4.79 Å². The number of nitrogens with two attached hydrogens (primary N) is 1. The molecule has 0 radical (unpaired) electrons. The van der Waals surface area contributed by atoms with Gasteiger partial charge in [0.05, 0.1) is 5.02 Å². The molecule has 0 saturated carbocycles. The minimum absolute atomic E-state index is 0.0473. The van der Waals surface area contributed by atoms with Crippen LogP contribution in [0.4, 0.5) is 9.18 Å². The van der Waals surface area contributed by atoms with Gasteiger partial charge in [0.1, 0.15) is 11.6 Å². The van der Waals surface area contributed by atoms with Gasteiger partial charge in [-0.1, -0.05) is 11.6 Å². The van der Waals surface area contributed by atoms with Crippen molar-refractivity contribution in [3.05, 3.63) is 29.0 Å². The molecule has 86 valence electrons. The molecule has 0 aliphatic rings. The van der Waals surface area contributed by atoms with E-state index in [-0.39, 0.29) is 10.8 Å². The summed E-state index contributed by atoms with van der Waals surface area (Å²) in [5, 5.41) is 1.75. The minimum Gasteiger partial charge on any atom is -0.484 e. The van der Waals surface area contributed by atoms with Gasteiger partial charge in [-0.25, -0.2) is 9.18 Å². The number of benzene rings is 1. The third kappa shape index (κ3) is 3.74. The second-order valence-corrected chi connectivity index (χ2v) is 3.18. The summed E-state index contributed by atoms with van der Waals surface area (Å²) in [7, 11) is 0. The molecular formula is C9H8ClFN2O3. The molecule has 1 rings (SSSR count). The van der Waals surface area contributed by atoms with E-state index in [1.807, 2.05) is 0 Å². The summed E-state index contributed by atoms with van der Waals surface area (Å²) < 4.78 is 17.8. The molecule has 0 saturated heterocycles. The Bertz CT molecular complexity index is 425. The number of carbonyl (C=O) groups excluding carboxylic acids is 2. The largest absolute Gasteiger partial charge is 0.484 e. The fourth-order valence-electron chi connectivity index (χ4n) is 0.889. The van der Waals surface area contributed by atoms with Crippen molar-refractivity contribution in [1.82, 2.24) is 5.32 Å². The first-order chi connectivity index (χ1) is 7.49. The second-order valence-electron chi connectivity index (χ2n) is 2.78. The Hall–Kier alpha value is -1.82. The quantitative estimate of drug-likeness (QED) is 0.836. The summed E-state index contributed by atoms with van der Waals surface area (Å²) in [4.78, 5) is 21.2. The monoisotopic (exact) mass is 246 g/mol. The first kappa shape index (κ1) is 12.3. The number of primary amides is 1. The number of halogens is 2. The number of rotatable bonds is 3. The van der Waals surface area contributed by atoms with E-state index >= 15 is 0 Å². The molecule has 3 N–H and O–H groups in total. The Morgan fingerprint density at radius 1 is 1.50 bits per heavy atom. The molecule has 0 atom stereocenters. The van der Waals surface area contributed by atoms with Gasteiger partial charge in [-0.15, -0.1) is 0 Å². The van der Waals surface area contributed by atoms with Crippen molar-refractivity contribution in [2.75, 3.05) is 6.61 Å². The van der Waals surface area contributed by atoms with Crippen molar-refractivity contribution in [2.45, 2.75) is 0 Å². The lowest BCUT2D eigenvalue weighted by molar-refractivity contribution is -0.121. The molecule has 0 aromatic heterocycles. The Labute approximate surface area is 95.3 Å². The molecule has 0 fully saturated rings. The van der Waals surface area contributed by atoms with Crippen LogP contribution in [-0.4, -0.2) is 18.5 Å². The van der Waals surface area contributed by atoms with Crippen LogP contribution in [0.15, 0.2) is 18.2 Å². The van der Waals surface area contributed by atoms with Crippen LogP contribution in [0.1, 0.15) is 0 Å². The van der Waals surface area contributed by atoms with Gasteiger partial charge >= 0.3 is 6.03 Å². The lowest BCUT2D eigenvalue weighted by Gasteiger charge is -2.05. The van der Waals surface area contributed by atoms with Gasteiger partial charge in [0.25, 0.3) is 5.91 Å². The zero-order valence-corrected chi connectivity index (χ0v) is 8.75. The molecule has 0 aliphatic carbocycles. The van der Waals surface area contributed by atoms with Crippen LogP contribution in [0.2, 0.25) is 5.02 Å². The number of amides is 3. The lowest BCUT2D eigenvalue weighted by Crippen LogP contribution is -2.38. The maximum atomic E-state index is 12.9. The molecule has 0 unspecified atom stereocenters. The highest BCUT2D eigenvalue weighted by Crippen LogP contribution is 2.20. The van der Waals surface area contributed by atoms with E-state index in [0.717, 1.165) is 6.07 Å². The molecule has 5 nitrogen and oxygen atoms in total. The first-order valence-electron chi connectivity index (χ1n) is 4.16. The number of imide groups is 1. The molecule has 16 heavy (non-hydrogen) atoms. The van der Waals surface area contributed by atoms with Crippen molar-refractivity contribution in [2.24, 2.45) is 5.73 Å². The summed E-state index contributed by atoms with van der Waals surface area (Å²) in [5.74, 6) is -1.25. The van der Waals surface area contributed by atoms with Crippen molar-refractivity contribution in [3.63, 3.8) is 0 Å². The van der Waals surface area contributed by atoms with E-state index in [0.29, 0.717) is 0 Å². The van der Waals surface area contributed by atoms with Gasteiger partial charge in [-0.2, -0.15) is 0 Å². The highest BCUT2D eigenvalue weighted by molar-refractivity contribution is 6.30. The van der Waals surface area contributed by atoms with E-state index < -0.39 is 24.4 Å². The number of hydrogen-bond acceptors (Lipinski definition) is 3. The SMILES string of the molecule is NC(=O)NC(=O)COc1ccc(Cl)c(F)c1. The topological polar surface area (TPSA) is 81.4 Å². The molecular weight excluding hydrogens is 239 g/mol. The van der Waals surface area contributed by atoms with Crippen LogP contribution >= 0.6 is 11.6 Å². The van der Waals surface area contributed by atoms with E-state index in [1.165, 1.54) is 12.1 Å². The predicted octanol–water partition coefficient (Wildman–Crippen LogP) is 1.05. The first-order valence-corrected chi connectivity index (χ1v) is 4.54. The van der Waals surface area contributed by atoms with Crippen LogP contribution in [0, 0.1) is 5.82 Å². The number of urea groups is 1. The van der Waals surface area contributed by atoms with Crippen LogP contribution in [0.3, 0.4) is 0 Å². The van der Waals surface area contributed by atoms with Gasteiger partial charge in [0.2, 0.25) is 0 Å². The van der Waals surface area contributed by atoms with Crippen molar-refractivity contribution in [1.29, 1.82) is 0 Å².